The van der Waals surface area contributed by atoms with E-state index in [1.165, 1.54) is 10.6 Å². The number of rotatable bonds is 7. The highest BCUT2D eigenvalue weighted by Crippen LogP contribution is 2.43. The van der Waals surface area contributed by atoms with Crippen molar-refractivity contribution < 1.29 is 52.8 Å². The Morgan fingerprint density at radius 3 is 2.20 bits per heavy atom. The van der Waals surface area contributed by atoms with Crippen LogP contribution in [0.3, 0.4) is 0 Å². The van der Waals surface area contributed by atoms with Crippen LogP contribution in [0.4, 0.5) is 0 Å². The van der Waals surface area contributed by atoms with E-state index in [9.17, 15) is 29.1 Å². The van der Waals surface area contributed by atoms with E-state index >= 15 is 0 Å². The molecule has 1 fully saturated rings. The fourth-order valence-electron chi connectivity index (χ4n) is 5.50. The van der Waals surface area contributed by atoms with E-state index in [-0.39, 0.29) is 11.1 Å². The molecule has 1 N–H and O–H groups in total. The van der Waals surface area contributed by atoms with Gasteiger partial charge in [0.2, 0.25) is 5.88 Å². The Morgan fingerprint density at radius 1 is 0.909 bits per heavy atom. The molecule has 0 spiro atoms. The zero-order chi connectivity index (χ0) is 31.9. The van der Waals surface area contributed by atoms with Crippen LogP contribution in [0, 0.1) is 0 Å². The van der Waals surface area contributed by atoms with Crippen LogP contribution in [-0.4, -0.2) is 70.5 Å². The first kappa shape index (κ1) is 30.7. The number of benzene rings is 2. The third-order valence-corrected chi connectivity index (χ3v) is 7.26. The summed E-state index contributed by atoms with van der Waals surface area (Å²) in [5.74, 6) is -4.15. The van der Waals surface area contributed by atoms with E-state index in [4.69, 9.17) is 35.3 Å². The highest BCUT2D eigenvalue weighted by molar-refractivity contribution is 6.31. The second kappa shape index (κ2) is 12.1. The lowest BCUT2D eigenvalue weighted by Gasteiger charge is -2.45. The van der Waals surface area contributed by atoms with Gasteiger partial charge in [0, 0.05) is 43.3 Å². The summed E-state index contributed by atoms with van der Waals surface area (Å²) in [5.41, 5.74) is 0.543. The van der Waals surface area contributed by atoms with Gasteiger partial charge in [0.15, 0.2) is 24.5 Å². The number of ether oxygens (including phenoxy) is 5. The van der Waals surface area contributed by atoms with Gasteiger partial charge in [0.1, 0.15) is 12.7 Å². The quantitative estimate of drug-likeness (QED) is 0.299. The molecule has 44 heavy (non-hydrogen) atoms. The minimum Gasteiger partial charge on any atom is -0.494 e. The Bertz CT molecular complexity index is 1830. The van der Waals surface area contributed by atoms with Crippen LogP contribution in [0.5, 0.6) is 5.88 Å². The maximum Gasteiger partial charge on any atom is 0.303 e. The van der Waals surface area contributed by atoms with Crippen molar-refractivity contribution in [3.63, 3.8) is 0 Å². The molecular weight excluding hydrogens is 600 g/mol. The van der Waals surface area contributed by atoms with Crippen LogP contribution in [0.25, 0.3) is 16.5 Å². The van der Waals surface area contributed by atoms with E-state index in [1.807, 2.05) is 0 Å². The number of nitrogens with zero attached hydrogens (tertiary/aromatic N) is 2. The van der Waals surface area contributed by atoms with Gasteiger partial charge in [-0.2, -0.15) is 0 Å². The first-order chi connectivity index (χ1) is 20.9. The summed E-state index contributed by atoms with van der Waals surface area (Å²) in [4.78, 5) is 65.8. The first-order valence-electron chi connectivity index (χ1n) is 13.4. The minimum atomic E-state index is -1.50. The number of carbonyl (C=O) groups excluding carboxylic acids is 5. The monoisotopic (exact) mass is 626 g/mol. The van der Waals surface area contributed by atoms with Gasteiger partial charge in [0.25, 0.3) is 5.91 Å². The van der Waals surface area contributed by atoms with Crippen LogP contribution in [0.15, 0.2) is 47.5 Å². The lowest BCUT2D eigenvalue weighted by molar-refractivity contribution is -0.268. The van der Waals surface area contributed by atoms with Gasteiger partial charge in [-0.1, -0.05) is 35.9 Å². The zero-order valence-corrected chi connectivity index (χ0v) is 24.7. The first-order valence-corrected chi connectivity index (χ1v) is 13.8. The average molecular weight is 627 g/mol. The van der Waals surface area contributed by atoms with Crippen LogP contribution in [0.1, 0.15) is 39.5 Å². The molecule has 230 valence electrons. The molecule has 2 aromatic carbocycles. The summed E-state index contributed by atoms with van der Waals surface area (Å²) < 4.78 is 29.3. The van der Waals surface area contributed by atoms with Gasteiger partial charge >= 0.3 is 23.9 Å². The summed E-state index contributed by atoms with van der Waals surface area (Å²) in [6.45, 7) is 4.05. The highest BCUT2D eigenvalue weighted by Gasteiger charge is 2.53. The molecule has 1 saturated heterocycles. The van der Waals surface area contributed by atoms with Gasteiger partial charge in [-0.15, -0.1) is 0 Å². The summed E-state index contributed by atoms with van der Waals surface area (Å²) in [6, 6.07) is 11.4. The molecule has 1 aromatic heterocycles. The highest BCUT2D eigenvalue weighted by atomic mass is 35.5. The number of fused-ring (bicyclic) bond motifs is 2. The predicted molar refractivity (Wildman–Crippen MR) is 151 cm³/mol. The molecule has 5 atom stereocenters. The molecule has 0 saturated carbocycles. The molecule has 1 amide bonds. The van der Waals surface area contributed by atoms with Crippen molar-refractivity contribution in [3.8, 4) is 5.88 Å². The largest absolute Gasteiger partial charge is 0.494 e. The van der Waals surface area contributed by atoms with Crippen molar-refractivity contribution >= 4 is 57.9 Å². The van der Waals surface area contributed by atoms with Crippen LogP contribution >= 0.6 is 11.6 Å². The van der Waals surface area contributed by atoms with E-state index in [2.05, 4.69) is 4.99 Å². The van der Waals surface area contributed by atoms with E-state index < -0.39 is 72.9 Å². The number of aromatic hydroxyl groups is 1. The molecule has 5 rings (SSSR count). The van der Waals surface area contributed by atoms with Crippen LogP contribution in [-0.2, 0) is 47.7 Å². The standard InChI is InChI=1S/C30H27ClN2O11/c1-13(34)40-12-22-25(41-14(2)35)26(42-15(3)36)27(43-16(4)37)30(44-22)33-21-8-6-5-7-19(21)24(29(33)39)23-18-10-9-17(31)11-20(18)32-28(23)38/h5-11,22,25-27,30,39H,12H2,1-4H3. The van der Waals surface area contributed by atoms with Gasteiger partial charge < -0.3 is 28.8 Å². The Balaban J connectivity index is 1.76. The third-order valence-electron chi connectivity index (χ3n) is 7.02. The predicted octanol–water partition coefficient (Wildman–Crippen LogP) is 1.61. The number of carbonyl (C=O) groups is 5. The third kappa shape index (κ3) is 5.75. The molecule has 2 aliphatic heterocycles. The molecule has 5 unspecified atom stereocenters. The molecule has 3 aromatic rings. The van der Waals surface area contributed by atoms with Gasteiger partial charge in [-0.25, -0.2) is 4.99 Å². The molecule has 3 heterocycles. The molecule has 0 radical (unpaired) electrons. The summed E-state index contributed by atoms with van der Waals surface area (Å²) in [5, 5.41) is 13.4. The van der Waals surface area contributed by atoms with Gasteiger partial charge in [-0.3, -0.25) is 28.5 Å². The minimum absolute atomic E-state index is 0.0924. The Labute approximate surface area is 254 Å². The Morgan fingerprint density at radius 2 is 1.55 bits per heavy atom. The van der Waals surface area contributed by atoms with E-state index in [1.54, 1.807) is 36.4 Å². The SMILES string of the molecule is CC(=O)OCC1OC(n2c(O)c(C3=c4ccc(Cl)cc4=NC3=O)c3ccccc32)C(OC(C)=O)C(OC(C)=O)C1OC(C)=O. The van der Waals surface area contributed by atoms with Crippen molar-refractivity contribution in [1.82, 2.24) is 4.57 Å². The maximum atomic E-state index is 13.2. The van der Waals surface area contributed by atoms with Gasteiger partial charge in [-0.05, 0) is 18.2 Å². The molecule has 0 bridgehead atoms. The topological polar surface area (TPSA) is 169 Å². The molecule has 14 heteroatoms. The number of aromatic nitrogens is 1. The number of para-hydroxylation sites is 1. The van der Waals surface area contributed by atoms with Crippen molar-refractivity contribution in [2.75, 3.05) is 6.61 Å². The summed E-state index contributed by atoms with van der Waals surface area (Å²) in [7, 11) is 0. The fraction of sp³-hybridized carbons (Fsp3) is 0.333. The molecule has 0 aliphatic carbocycles. The van der Waals surface area contributed by atoms with Crippen molar-refractivity contribution in [3.05, 3.63) is 63.6 Å². The van der Waals surface area contributed by atoms with E-state index in [0.717, 1.165) is 27.7 Å². The van der Waals surface area contributed by atoms with Crippen molar-refractivity contribution in [2.45, 2.75) is 58.3 Å². The maximum absolute atomic E-state index is 13.2. The lowest BCUT2D eigenvalue weighted by Crippen LogP contribution is -2.60. The number of hydrogen-bond donors (Lipinski definition) is 1. The molecule has 2 aliphatic rings. The second-order valence-electron chi connectivity index (χ2n) is 10.1. The smallest absolute Gasteiger partial charge is 0.303 e. The van der Waals surface area contributed by atoms with Crippen molar-refractivity contribution in [1.29, 1.82) is 0 Å². The number of esters is 4. The Hall–Kier alpha value is -4.75. The number of amides is 1. The fourth-order valence-corrected chi connectivity index (χ4v) is 5.66. The molecule has 13 nitrogen and oxygen atoms in total. The average Bonchev–Trinajstić information content (AvgIpc) is 3.40. The number of hydrogen-bond acceptors (Lipinski definition) is 11. The zero-order valence-electron chi connectivity index (χ0n) is 23.9. The van der Waals surface area contributed by atoms with Crippen LogP contribution in [0.2, 0.25) is 5.02 Å². The van der Waals surface area contributed by atoms with Gasteiger partial charge in [0.05, 0.1) is 22.0 Å². The summed E-state index contributed by atoms with van der Waals surface area (Å²) in [6.07, 6.45) is -7.06. The van der Waals surface area contributed by atoms with Crippen molar-refractivity contribution in [2.24, 2.45) is 4.99 Å². The van der Waals surface area contributed by atoms with E-state index in [0.29, 0.717) is 26.5 Å². The second-order valence-corrected chi connectivity index (χ2v) is 10.6. The normalized spacial score (nSPS) is 22.6. The summed E-state index contributed by atoms with van der Waals surface area (Å²) >= 11 is 6.12. The molecular formula is C30H27ClN2O11. The Kier molecular flexibility index (Phi) is 8.44. The number of halogens is 1. The lowest BCUT2D eigenvalue weighted by atomic mass is 9.97. The van der Waals surface area contributed by atoms with Crippen LogP contribution < -0.4 is 10.6 Å².